The lowest BCUT2D eigenvalue weighted by Crippen LogP contribution is -2.39. The second-order valence-electron chi connectivity index (χ2n) is 5.26. The number of ether oxygens (including phenoxy) is 2. The molecule has 18 heavy (non-hydrogen) atoms. The van der Waals surface area contributed by atoms with Gasteiger partial charge in [0, 0.05) is 0 Å². The molecule has 4 heteroatoms. The summed E-state index contributed by atoms with van der Waals surface area (Å²) in [6, 6.07) is 0. The van der Waals surface area contributed by atoms with Crippen molar-refractivity contribution in [2.75, 3.05) is 14.2 Å². The minimum absolute atomic E-state index is 0.297. The molecule has 0 unspecified atom stereocenters. The Labute approximate surface area is 107 Å². The van der Waals surface area contributed by atoms with Gasteiger partial charge in [-0.05, 0) is 43.9 Å². The Morgan fingerprint density at radius 1 is 1.17 bits per heavy atom. The number of allylic oxidation sites excluding steroid dienone is 2. The average Bonchev–Trinajstić information content (AvgIpc) is 2.64. The SMILES string of the molecule is COC(=O)C1(C(=O)OC)C[C@@H]2CCCC=C[C@@H]2C1. The zero-order chi connectivity index (χ0) is 13.2. The molecule has 0 amide bonds. The minimum atomic E-state index is -1.08. The first-order valence-corrected chi connectivity index (χ1v) is 6.47. The number of methoxy groups -OCH3 is 2. The van der Waals surface area contributed by atoms with E-state index in [1.165, 1.54) is 14.2 Å². The van der Waals surface area contributed by atoms with Crippen molar-refractivity contribution in [3.05, 3.63) is 12.2 Å². The van der Waals surface area contributed by atoms with Crippen molar-refractivity contribution in [1.82, 2.24) is 0 Å². The van der Waals surface area contributed by atoms with Crippen molar-refractivity contribution >= 4 is 11.9 Å². The molecule has 0 bridgehead atoms. The van der Waals surface area contributed by atoms with Gasteiger partial charge in [0.25, 0.3) is 0 Å². The quantitative estimate of drug-likeness (QED) is 0.429. The average molecular weight is 252 g/mol. The zero-order valence-electron chi connectivity index (χ0n) is 11.0. The normalized spacial score (nSPS) is 29.2. The Hall–Kier alpha value is -1.32. The fraction of sp³-hybridized carbons (Fsp3) is 0.714. The second kappa shape index (κ2) is 5.12. The third-order valence-corrected chi connectivity index (χ3v) is 4.28. The van der Waals surface area contributed by atoms with Crippen LogP contribution in [0.25, 0.3) is 0 Å². The summed E-state index contributed by atoms with van der Waals surface area (Å²) in [6.45, 7) is 0. The molecular formula is C14H20O4. The van der Waals surface area contributed by atoms with E-state index in [4.69, 9.17) is 9.47 Å². The third-order valence-electron chi connectivity index (χ3n) is 4.28. The molecule has 0 radical (unpaired) electrons. The monoisotopic (exact) mass is 252 g/mol. The molecule has 1 fully saturated rings. The van der Waals surface area contributed by atoms with Crippen LogP contribution in [-0.4, -0.2) is 26.2 Å². The highest BCUT2D eigenvalue weighted by Gasteiger charge is 2.56. The predicted octanol–water partition coefficient (Wildman–Crippen LogP) is 2.09. The molecule has 2 atom stereocenters. The lowest BCUT2D eigenvalue weighted by Gasteiger charge is -2.23. The summed E-state index contributed by atoms with van der Waals surface area (Å²) in [5.41, 5.74) is -1.08. The first-order valence-electron chi connectivity index (χ1n) is 6.47. The lowest BCUT2D eigenvalue weighted by molar-refractivity contribution is -0.169. The maximum atomic E-state index is 12.0. The summed E-state index contributed by atoms with van der Waals surface area (Å²) in [6.07, 6.45) is 8.68. The molecule has 0 heterocycles. The molecule has 0 aromatic rings. The van der Waals surface area contributed by atoms with Crippen LogP contribution in [-0.2, 0) is 19.1 Å². The van der Waals surface area contributed by atoms with Crippen molar-refractivity contribution < 1.29 is 19.1 Å². The molecule has 1 saturated carbocycles. The number of rotatable bonds is 2. The van der Waals surface area contributed by atoms with Gasteiger partial charge in [0.15, 0.2) is 5.41 Å². The first-order chi connectivity index (χ1) is 8.64. The molecule has 2 rings (SSSR count). The van der Waals surface area contributed by atoms with E-state index in [0.717, 1.165) is 19.3 Å². The first kappa shape index (κ1) is 13.1. The summed E-state index contributed by atoms with van der Waals surface area (Å²) < 4.78 is 9.67. The standard InChI is InChI=1S/C14H20O4/c1-17-12(15)14(13(16)18-2)8-10-6-4-3-5-7-11(10)9-14/h4,6,10-11H,3,5,7-9H2,1-2H3/t10-,11+/m1/s1. The Bertz CT molecular complexity index is 356. The van der Waals surface area contributed by atoms with Crippen molar-refractivity contribution in [1.29, 1.82) is 0 Å². The van der Waals surface area contributed by atoms with Crippen LogP contribution < -0.4 is 0 Å². The third kappa shape index (κ3) is 2.04. The number of hydrogen-bond donors (Lipinski definition) is 0. The van der Waals surface area contributed by atoms with E-state index in [-0.39, 0.29) is 0 Å². The van der Waals surface area contributed by atoms with Crippen LogP contribution in [0.1, 0.15) is 32.1 Å². The Kier molecular flexibility index (Phi) is 3.73. The maximum absolute atomic E-state index is 12.0. The highest BCUT2D eigenvalue weighted by Crippen LogP contribution is 2.50. The predicted molar refractivity (Wildman–Crippen MR) is 65.7 cm³/mol. The van der Waals surface area contributed by atoms with Crippen LogP contribution in [0.4, 0.5) is 0 Å². The lowest BCUT2D eigenvalue weighted by atomic mass is 9.84. The van der Waals surface area contributed by atoms with Crippen molar-refractivity contribution in [2.45, 2.75) is 32.1 Å². The van der Waals surface area contributed by atoms with Gasteiger partial charge in [0.05, 0.1) is 14.2 Å². The number of esters is 2. The summed E-state index contributed by atoms with van der Waals surface area (Å²) in [5, 5.41) is 0. The minimum Gasteiger partial charge on any atom is -0.468 e. The van der Waals surface area contributed by atoms with Crippen molar-refractivity contribution in [2.24, 2.45) is 17.3 Å². The van der Waals surface area contributed by atoms with Gasteiger partial charge in [0.1, 0.15) is 0 Å². The number of carbonyl (C=O) groups is 2. The topological polar surface area (TPSA) is 52.6 Å². The summed E-state index contributed by atoms with van der Waals surface area (Å²) in [5.74, 6) is -0.209. The van der Waals surface area contributed by atoms with E-state index in [9.17, 15) is 9.59 Å². The highest BCUT2D eigenvalue weighted by molar-refractivity contribution is 6.00. The molecule has 4 nitrogen and oxygen atoms in total. The molecule has 0 aliphatic heterocycles. The Morgan fingerprint density at radius 3 is 2.44 bits per heavy atom. The number of carbonyl (C=O) groups excluding carboxylic acids is 2. The van der Waals surface area contributed by atoms with E-state index in [2.05, 4.69) is 12.2 Å². The fourth-order valence-electron chi connectivity index (χ4n) is 3.37. The van der Waals surface area contributed by atoms with Crippen LogP contribution in [0.3, 0.4) is 0 Å². The number of fused-ring (bicyclic) bond motifs is 1. The van der Waals surface area contributed by atoms with E-state index in [1.54, 1.807) is 0 Å². The van der Waals surface area contributed by atoms with Gasteiger partial charge in [-0.3, -0.25) is 9.59 Å². The van der Waals surface area contributed by atoms with Gasteiger partial charge in [-0.25, -0.2) is 0 Å². The fourth-order valence-corrected chi connectivity index (χ4v) is 3.37. The van der Waals surface area contributed by atoms with Gasteiger partial charge in [-0.15, -0.1) is 0 Å². The van der Waals surface area contributed by atoms with Gasteiger partial charge >= 0.3 is 11.9 Å². The maximum Gasteiger partial charge on any atom is 0.323 e. The molecule has 0 spiro atoms. The molecule has 2 aliphatic rings. The Balaban J connectivity index is 2.28. The molecular weight excluding hydrogens is 232 g/mol. The van der Waals surface area contributed by atoms with Gasteiger partial charge < -0.3 is 9.47 Å². The smallest absolute Gasteiger partial charge is 0.323 e. The van der Waals surface area contributed by atoms with Gasteiger partial charge in [-0.2, -0.15) is 0 Å². The Morgan fingerprint density at radius 2 is 1.83 bits per heavy atom. The van der Waals surface area contributed by atoms with Gasteiger partial charge in [-0.1, -0.05) is 12.2 Å². The van der Waals surface area contributed by atoms with Crippen LogP contribution in [0, 0.1) is 17.3 Å². The van der Waals surface area contributed by atoms with Crippen molar-refractivity contribution in [3.8, 4) is 0 Å². The van der Waals surface area contributed by atoms with E-state index in [1.807, 2.05) is 0 Å². The molecule has 100 valence electrons. The summed E-state index contributed by atoms with van der Waals surface area (Å²) in [7, 11) is 2.66. The van der Waals surface area contributed by atoms with E-state index >= 15 is 0 Å². The van der Waals surface area contributed by atoms with Crippen LogP contribution >= 0.6 is 0 Å². The molecule has 0 aromatic carbocycles. The molecule has 0 aromatic heterocycles. The van der Waals surface area contributed by atoms with Crippen LogP contribution in [0.5, 0.6) is 0 Å². The van der Waals surface area contributed by atoms with Crippen LogP contribution in [0.15, 0.2) is 12.2 Å². The summed E-state index contributed by atoms with van der Waals surface area (Å²) >= 11 is 0. The van der Waals surface area contributed by atoms with E-state index < -0.39 is 17.4 Å². The highest BCUT2D eigenvalue weighted by atomic mass is 16.5. The zero-order valence-corrected chi connectivity index (χ0v) is 11.0. The van der Waals surface area contributed by atoms with Gasteiger partial charge in [0.2, 0.25) is 0 Å². The second-order valence-corrected chi connectivity index (χ2v) is 5.26. The number of hydrogen-bond acceptors (Lipinski definition) is 4. The van der Waals surface area contributed by atoms with Crippen molar-refractivity contribution in [3.63, 3.8) is 0 Å². The molecule has 2 aliphatic carbocycles. The summed E-state index contributed by atoms with van der Waals surface area (Å²) in [4.78, 5) is 24.0. The molecule has 0 saturated heterocycles. The van der Waals surface area contributed by atoms with Crippen LogP contribution in [0.2, 0.25) is 0 Å². The van der Waals surface area contributed by atoms with E-state index in [0.29, 0.717) is 24.7 Å². The molecule has 0 N–H and O–H groups in total. The largest absolute Gasteiger partial charge is 0.468 e.